The molecule has 0 bridgehead atoms. The lowest BCUT2D eigenvalue weighted by Gasteiger charge is -2.05. The molecule has 0 radical (unpaired) electrons. The first-order valence-electron chi connectivity index (χ1n) is 2.56. The van der Waals surface area contributed by atoms with Gasteiger partial charge < -0.3 is 5.11 Å². The van der Waals surface area contributed by atoms with Crippen molar-refractivity contribution in [2.45, 2.75) is 0 Å². The predicted octanol–water partition coefficient (Wildman–Crippen LogP) is -1.12. The fourth-order valence-corrected chi connectivity index (χ4v) is 0.767. The Bertz CT molecular complexity index is 240. The average molecular weight is 179 g/mol. The number of hydrogen-bond donors (Lipinski definition) is 1. The maximum absolute atomic E-state index is 10.7. The van der Waals surface area contributed by atoms with E-state index in [4.69, 9.17) is 16.9 Å². The fourth-order valence-electron chi connectivity index (χ4n) is 0.604. The largest absolute Gasteiger partial charge is 0.376 e. The molecule has 1 aliphatic heterocycles. The van der Waals surface area contributed by atoms with Gasteiger partial charge in [0.15, 0.2) is 0 Å². The summed E-state index contributed by atoms with van der Waals surface area (Å²) in [5.74, 6) is -2.27. The first-order valence-corrected chi connectivity index (χ1v) is 2.90. The molecule has 11 heavy (non-hydrogen) atoms. The molecule has 0 atom stereocenters. The molecule has 0 aromatic rings. The zero-order chi connectivity index (χ0) is 8.59. The van der Waals surface area contributed by atoms with E-state index in [9.17, 15) is 14.4 Å². The third-order valence-electron chi connectivity index (χ3n) is 1.15. The van der Waals surface area contributed by atoms with Gasteiger partial charge in [-0.15, -0.1) is 0 Å². The molecule has 4 amide bonds. The quantitative estimate of drug-likeness (QED) is 0.314. The second-order valence-electron chi connectivity index (χ2n) is 1.74. The SMILES string of the molecule is O=C1C(=O)N(CO)C(=O)N1Cl. The third kappa shape index (κ3) is 0.958. The Labute approximate surface area is 66.0 Å². The first kappa shape index (κ1) is 7.96. The average Bonchev–Trinajstić information content (AvgIpc) is 2.17. The van der Waals surface area contributed by atoms with E-state index in [0.29, 0.717) is 4.90 Å². The van der Waals surface area contributed by atoms with E-state index in [1.807, 2.05) is 0 Å². The molecule has 60 valence electrons. The number of amides is 4. The van der Waals surface area contributed by atoms with Gasteiger partial charge in [0.1, 0.15) is 6.73 Å². The molecule has 0 aromatic carbocycles. The molecule has 1 rings (SSSR count). The summed E-state index contributed by atoms with van der Waals surface area (Å²) in [6.45, 7) is -0.841. The van der Waals surface area contributed by atoms with Crippen LogP contribution in [0.3, 0.4) is 0 Å². The van der Waals surface area contributed by atoms with Gasteiger partial charge in [0.05, 0.1) is 0 Å². The first-order chi connectivity index (χ1) is 5.09. The normalized spacial score (nSPS) is 18.5. The summed E-state index contributed by atoms with van der Waals surface area (Å²) in [6, 6.07) is -1.02. The molecule has 0 aliphatic carbocycles. The van der Waals surface area contributed by atoms with Crippen LogP contribution in [0.1, 0.15) is 0 Å². The Kier molecular flexibility index (Phi) is 1.79. The number of carbonyl (C=O) groups excluding carboxylic acids is 3. The van der Waals surface area contributed by atoms with Crippen LogP contribution in [0.5, 0.6) is 0 Å². The molecule has 0 unspecified atom stereocenters. The lowest BCUT2D eigenvalue weighted by Crippen LogP contribution is -2.31. The van der Waals surface area contributed by atoms with Gasteiger partial charge in [-0.3, -0.25) is 9.59 Å². The van der Waals surface area contributed by atoms with Gasteiger partial charge in [0, 0.05) is 11.8 Å². The number of aliphatic hydroxyl groups is 1. The zero-order valence-electron chi connectivity index (χ0n) is 5.15. The maximum atomic E-state index is 10.7. The highest BCUT2D eigenvalue weighted by molar-refractivity contribution is 6.52. The highest BCUT2D eigenvalue weighted by Crippen LogP contribution is 2.12. The van der Waals surface area contributed by atoms with Crippen LogP contribution in [0.4, 0.5) is 4.79 Å². The van der Waals surface area contributed by atoms with E-state index in [1.165, 1.54) is 0 Å². The van der Waals surface area contributed by atoms with Crippen molar-refractivity contribution in [1.82, 2.24) is 9.32 Å². The lowest BCUT2D eigenvalue weighted by atomic mass is 10.6. The molecular weight excluding hydrogens is 176 g/mol. The molecule has 1 fully saturated rings. The van der Waals surface area contributed by atoms with Crippen LogP contribution in [0, 0.1) is 0 Å². The molecule has 1 aliphatic rings. The van der Waals surface area contributed by atoms with E-state index in [0.717, 1.165) is 0 Å². The number of halogens is 1. The van der Waals surface area contributed by atoms with Crippen LogP contribution in [0.15, 0.2) is 0 Å². The van der Waals surface area contributed by atoms with E-state index < -0.39 is 24.6 Å². The summed E-state index contributed by atoms with van der Waals surface area (Å²) in [5, 5.41) is 8.39. The summed E-state index contributed by atoms with van der Waals surface area (Å²) < 4.78 is 0.124. The molecule has 1 N–H and O–H groups in total. The van der Waals surface area contributed by atoms with E-state index in [-0.39, 0.29) is 4.42 Å². The smallest absolute Gasteiger partial charge is 0.351 e. The molecule has 6 nitrogen and oxygen atoms in total. The van der Waals surface area contributed by atoms with Crippen molar-refractivity contribution in [2.24, 2.45) is 0 Å². The summed E-state index contributed by atoms with van der Waals surface area (Å²) in [5.41, 5.74) is 0. The number of urea groups is 1. The topological polar surface area (TPSA) is 77.9 Å². The van der Waals surface area contributed by atoms with Crippen LogP contribution in [0.25, 0.3) is 0 Å². The number of aliphatic hydroxyl groups excluding tert-OH is 1. The van der Waals surface area contributed by atoms with Gasteiger partial charge in [-0.05, 0) is 0 Å². The van der Waals surface area contributed by atoms with Crippen molar-refractivity contribution in [1.29, 1.82) is 0 Å². The van der Waals surface area contributed by atoms with Gasteiger partial charge in [0.25, 0.3) is 0 Å². The molecule has 7 heteroatoms. The Morgan fingerprint density at radius 3 is 2.00 bits per heavy atom. The molecule has 0 spiro atoms. The molecular formula is C4H3ClN2O4. The van der Waals surface area contributed by atoms with Gasteiger partial charge >= 0.3 is 17.8 Å². The number of rotatable bonds is 1. The minimum atomic E-state index is -1.15. The second kappa shape index (κ2) is 2.48. The van der Waals surface area contributed by atoms with E-state index in [1.54, 1.807) is 0 Å². The second-order valence-corrected chi connectivity index (χ2v) is 2.08. The van der Waals surface area contributed by atoms with E-state index >= 15 is 0 Å². The zero-order valence-corrected chi connectivity index (χ0v) is 5.91. The Balaban J connectivity index is 2.95. The molecule has 0 aromatic heterocycles. The molecule has 0 saturated carbocycles. The minimum Gasteiger partial charge on any atom is -0.376 e. The van der Waals surface area contributed by atoms with Crippen molar-refractivity contribution in [2.75, 3.05) is 6.73 Å². The van der Waals surface area contributed by atoms with E-state index in [2.05, 4.69) is 0 Å². The van der Waals surface area contributed by atoms with Gasteiger partial charge in [-0.25, -0.2) is 9.69 Å². The van der Waals surface area contributed by atoms with Crippen LogP contribution < -0.4 is 0 Å². The number of carbonyl (C=O) groups is 3. The van der Waals surface area contributed by atoms with Crippen LogP contribution in [0.2, 0.25) is 0 Å². The van der Waals surface area contributed by atoms with Gasteiger partial charge in [-0.2, -0.15) is 4.42 Å². The Morgan fingerprint density at radius 1 is 1.27 bits per heavy atom. The van der Waals surface area contributed by atoms with Crippen molar-refractivity contribution in [3.8, 4) is 0 Å². The standard InChI is InChI=1S/C4H3ClN2O4/c5-7-3(10)2(9)6(1-8)4(7)11/h8H,1H2. The third-order valence-corrected chi connectivity index (χ3v) is 1.44. The Morgan fingerprint density at radius 2 is 1.82 bits per heavy atom. The van der Waals surface area contributed by atoms with Crippen molar-refractivity contribution in [3.05, 3.63) is 0 Å². The number of nitrogens with zero attached hydrogens (tertiary/aromatic N) is 2. The number of imide groups is 2. The number of hydrogen-bond acceptors (Lipinski definition) is 4. The Hall–Kier alpha value is -1.14. The molecule has 1 saturated heterocycles. The van der Waals surface area contributed by atoms with Gasteiger partial charge in [-0.1, -0.05) is 0 Å². The minimum absolute atomic E-state index is 0.124. The summed E-state index contributed by atoms with van der Waals surface area (Å²) >= 11 is 5.04. The molecule has 1 heterocycles. The summed E-state index contributed by atoms with van der Waals surface area (Å²) in [4.78, 5) is 32.2. The van der Waals surface area contributed by atoms with Crippen LogP contribution in [-0.2, 0) is 9.59 Å². The summed E-state index contributed by atoms with van der Waals surface area (Å²) in [6.07, 6.45) is 0. The van der Waals surface area contributed by atoms with Crippen molar-refractivity contribution < 1.29 is 19.5 Å². The fraction of sp³-hybridized carbons (Fsp3) is 0.250. The van der Waals surface area contributed by atoms with Crippen molar-refractivity contribution >= 4 is 29.6 Å². The van der Waals surface area contributed by atoms with Crippen LogP contribution >= 0.6 is 11.8 Å². The summed E-state index contributed by atoms with van der Waals surface area (Å²) in [7, 11) is 0. The predicted molar refractivity (Wildman–Crippen MR) is 32.0 cm³/mol. The lowest BCUT2D eigenvalue weighted by molar-refractivity contribution is -0.143. The van der Waals surface area contributed by atoms with Gasteiger partial charge in [0.2, 0.25) is 0 Å². The highest BCUT2D eigenvalue weighted by atomic mass is 35.5. The van der Waals surface area contributed by atoms with Crippen molar-refractivity contribution in [3.63, 3.8) is 0 Å². The monoisotopic (exact) mass is 178 g/mol. The highest BCUT2D eigenvalue weighted by Gasteiger charge is 2.43. The van der Waals surface area contributed by atoms with Crippen LogP contribution in [-0.4, -0.2) is 39.0 Å². The maximum Gasteiger partial charge on any atom is 0.351 e.